The molecule has 0 saturated heterocycles. The van der Waals surface area contributed by atoms with Gasteiger partial charge in [0.25, 0.3) is 0 Å². The molecule has 1 aromatic heterocycles. The first-order valence-electron chi connectivity index (χ1n) is 6.93. The van der Waals surface area contributed by atoms with Crippen LogP contribution in [0.25, 0.3) is 0 Å². The van der Waals surface area contributed by atoms with Gasteiger partial charge in [0.2, 0.25) is 0 Å². The number of aryl methyl sites for hydroxylation is 3. The molecular formula is C16H23N3. The van der Waals surface area contributed by atoms with E-state index < -0.39 is 0 Å². The molecule has 0 saturated carbocycles. The minimum Gasteiger partial charge on any atom is -0.337 e. The fraction of sp³-hybridized carbons (Fsp3) is 0.438. The fourth-order valence-corrected chi connectivity index (χ4v) is 2.15. The predicted molar refractivity (Wildman–Crippen MR) is 79.2 cm³/mol. The van der Waals surface area contributed by atoms with Crippen molar-refractivity contribution in [1.82, 2.24) is 14.9 Å². The quantitative estimate of drug-likeness (QED) is 0.805. The number of aromatic nitrogens is 2. The number of imidazole rings is 1. The van der Waals surface area contributed by atoms with Crippen LogP contribution in [0.4, 0.5) is 0 Å². The minimum atomic E-state index is 0.405. The lowest BCUT2D eigenvalue weighted by atomic mass is 10.0. The van der Waals surface area contributed by atoms with Crippen molar-refractivity contribution in [3.8, 4) is 0 Å². The molecule has 0 bridgehead atoms. The molecule has 0 radical (unpaired) electrons. The lowest BCUT2D eigenvalue weighted by Crippen LogP contribution is -2.21. The molecule has 1 atom stereocenters. The van der Waals surface area contributed by atoms with E-state index in [1.54, 1.807) is 0 Å². The Bertz CT molecular complexity index is 503. The van der Waals surface area contributed by atoms with E-state index in [0.29, 0.717) is 6.04 Å². The first-order chi connectivity index (χ1) is 9.16. The molecule has 1 heterocycles. The molecule has 3 heteroatoms. The highest BCUT2D eigenvalue weighted by atomic mass is 15.0. The first kappa shape index (κ1) is 13.8. The zero-order valence-electron chi connectivity index (χ0n) is 12.1. The molecule has 0 aliphatic heterocycles. The first-order valence-corrected chi connectivity index (χ1v) is 6.93. The third-order valence-corrected chi connectivity index (χ3v) is 3.63. The Hall–Kier alpha value is -1.61. The number of benzene rings is 1. The zero-order chi connectivity index (χ0) is 13.7. The molecule has 1 N–H and O–H groups in total. The van der Waals surface area contributed by atoms with E-state index in [-0.39, 0.29) is 0 Å². The smallest absolute Gasteiger partial charge is 0.0945 e. The van der Waals surface area contributed by atoms with Gasteiger partial charge in [-0.3, -0.25) is 0 Å². The largest absolute Gasteiger partial charge is 0.337 e. The Morgan fingerprint density at radius 2 is 2.11 bits per heavy atom. The van der Waals surface area contributed by atoms with Crippen molar-refractivity contribution in [2.45, 2.75) is 39.8 Å². The zero-order valence-corrected chi connectivity index (χ0v) is 12.1. The van der Waals surface area contributed by atoms with Crippen LogP contribution in [-0.2, 0) is 6.54 Å². The topological polar surface area (TPSA) is 29.9 Å². The van der Waals surface area contributed by atoms with E-state index in [1.807, 2.05) is 18.7 Å². The van der Waals surface area contributed by atoms with Crippen LogP contribution in [-0.4, -0.2) is 16.1 Å². The van der Waals surface area contributed by atoms with Gasteiger partial charge in [0.1, 0.15) is 0 Å². The van der Waals surface area contributed by atoms with Gasteiger partial charge >= 0.3 is 0 Å². The van der Waals surface area contributed by atoms with E-state index >= 15 is 0 Å². The highest BCUT2D eigenvalue weighted by Crippen LogP contribution is 2.16. The number of hydrogen-bond acceptors (Lipinski definition) is 2. The molecule has 2 rings (SSSR count). The van der Waals surface area contributed by atoms with E-state index in [1.165, 1.54) is 16.7 Å². The summed E-state index contributed by atoms with van der Waals surface area (Å²) < 4.78 is 2.11. The van der Waals surface area contributed by atoms with E-state index in [4.69, 9.17) is 0 Å². The molecule has 2 aromatic rings. The summed E-state index contributed by atoms with van der Waals surface area (Å²) in [6.45, 7) is 8.59. The third kappa shape index (κ3) is 3.93. The van der Waals surface area contributed by atoms with Crippen molar-refractivity contribution < 1.29 is 0 Å². The average molecular weight is 257 g/mol. The highest BCUT2D eigenvalue weighted by molar-refractivity contribution is 5.31. The second-order valence-electron chi connectivity index (χ2n) is 5.17. The Balaban J connectivity index is 1.77. The van der Waals surface area contributed by atoms with Crippen molar-refractivity contribution in [3.63, 3.8) is 0 Å². The number of nitrogens with one attached hydrogen (secondary N) is 1. The van der Waals surface area contributed by atoms with Crippen LogP contribution in [0, 0.1) is 13.8 Å². The summed E-state index contributed by atoms with van der Waals surface area (Å²) in [5.41, 5.74) is 4.09. The maximum Gasteiger partial charge on any atom is 0.0945 e. The maximum atomic E-state index is 4.04. The Labute approximate surface area is 115 Å². The highest BCUT2D eigenvalue weighted by Gasteiger charge is 2.05. The Kier molecular flexibility index (Phi) is 4.74. The van der Waals surface area contributed by atoms with Gasteiger partial charge in [-0.25, -0.2) is 4.98 Å². The molecule has 19 heavy (non-hydrogen) atoms. The number of rotatable bonds is 6. The van der Waals surface area contributed by atoms with Crippen molar-refractivity contribution in [3.05, 3.63) is 53.6 Å². The van der Waals surface area contributed by atoms with Gasteiger partial charge in [-0.05, 0) is 50.4 Å². The van der Waals surface area contributed by atoms with Gasteiger partial charge in [-0.15, -0.1) is 0 Å². The fourth-order valence-electron chi connectivity index (χ4n) is 2.15. The number of hydrogen-bond donors (Lipinski definition) is 1. The summed E-state index contributed by atoms with van der Waals surface area (Å²) in [5, 5.41) is 3.57. The Morgan fingerprint density at radius 1 is 1.26 bits per heavy atom. The summed E-state index contributed by atoms with van der Waals surface area (Å²) in [5.74, 6) is 0. The van der Waals surface area contributed by atoms with Gasteiger partial charge in [-0.1, -0.05) is 18.2 Å². The molecule has 1 unspecified atom stereocenters. The SMILES string of the molecule is Cc1ccc(C(C)NCCCn2ccnc2)cc1C. The molecular weight excluding hydrogens is 234 g/mol. The summed E-state index contributed by atoms with van der Waals surface area (Å²) >= 11 is 0. The van der Waals surface area contributed by atoms with Gasteiger partial charge in [0, 0.05) is 25.0 Å². The van der Waals surface area contributed by atoms with Crippen molar-refractivity contribution >= 4 is 0 Å². The summed E-state index contributed by atoms with van der Waals surface area (Å²) in [7, 11) is 0. The predicted octanol–water partition coefficient (Wildman–Crippen LogP) is 3.24. The number of nitrogens with zero attached hydrogens (tertiary/aromatic N) is 2. The van der Waals surface area contributed by atoms with Crippen molar-refractivity contribution in [1.29, 1.82) is 0 Å². The van der Waals surface area contributed by atoms with E-state index in [0.717, 1.165) is 19.5 Å². The second-order valence-corrected chi connectivity index (χ2v) is 5.17. The lowest BCUT2D eigenvalue weighted by molar-refractivity contribution is 0.526. The lowest BCUT2D eigenvalue weighted by Gasteiger charge is -2.15. The normalized spacial score (nSPS) is 12.6. The van der Waals surface area contributed by atoms with Crippen LogP contribution < -0.4 is 5.32 Å². The molecule has 102 valence electrons. The van der Waals surface area contributed by atoms with E-state index in [2.05, 4.69) is 53.8 Å². The Morgan fingerprint density at radius 3 is 2.79 bits per heavy atom. The van der Waals surface area contributed by atoms with Crippen LogP contribution in [0.3, 0.4) is 0 Å². The molecule has 3 nitrogen and oxygen atoms in total. The van der Waals surface area contributed by atoms with Crippen LogP contribution in [0.2, 0.25) is 0 Å². The molecule has 0 spiro atoms. The van der Waals surface area contributed by atoms with Gasteiger partial charge in [-0.2, -0.15) is 0 Å². The second kappa shape index (κ2) is 6.53. The van der Waals surface area contributed by atoms with Crippen LogP contribution >= 0.6 is 0 Å². The van der Waals surface area contributed by atoms with Gasteiger partial charge < -0.3 is 9.88 Å². The van der Waals surface area contributed by atoms with Crippen LogP contribution in [0.1, 0.15) is 36.1 Å². The molecule has 0 aliphatic rings. The van der Waals surface area contributed by atoms with Crippen LogP contribution in [0.15, 0.2) is 36.9 Å². The monoisotopic (exact) mass is 257 g/mol. The summed E-state index contributed by atoms with van der Waals surface area (Å²) in [6, 6.07) is 7.11. The van der Waals surface area contributed by atoms with Crippen molar-refractivity contribution in [2.75, 3.05) is 6.54 Å². The van der Waals surface area contributed by atoms with Gasteiger partial charge in [0.15, 0.2) is 0 Å². The van der Waals surface area contributed by atoms with Crippen molar-refractivity contribution in [2.24, 2.45) is 0 Å². The molecule has 0 amide bonds. The van der Waals surface area contributed by atoms with E-state index in [9.17, 15) is 0 Å². The molecule has 0 aliphatic carbocycles. The standard InChI is InChI=1S/C16H23N3/c1-13-5-6-16(11-14(13)2)15(3)18-7-4-9-19-10-8-17-12-19/h5-6,8,10-12,15,18H,4,7,9H2,1-3H3. The molecule has 0 fully saturated rings. The van der Waals surface area contributed by atoms with Gasteiger partial charge in [0.05, 0.1) is 6.33 Å². The summed E-state index contributed by atoms with van der Waals surface area (Å²) in [6.07, 6.45) is 6.82. The summed E-state index contributed by atoms with van der Waals surface area (Å²) in [4.78, 5) is 4.04. The average Bonchev–Trinajstić information content (AvgIpc) is 2.91. The third-order valence-electron chi connectivity index (χ3n) is 3.63. The molecule has 1 aromatic carbocycles. The van der Waals surface area contributed by atoms with Crippen LogP contribution in [0.5, 0.6) is 0 Å². The maximum absolute atomic E-state index is 4.04. The minimum absolute atomic E-state index is 0.405.